The molecule has 0 saturated heterocycles. The monoisotopic (exact) mass is 232 g/mol. The van der Waals surface area contributed by atoms with E-state index in [1.807, 2.05) is 32.2 Å². The molecule has 1 unspecified atom stereocenters. The fourth-order valence-electron chi connectivity index (χ4n) is 1.52. The van der Waals surface area contributed by atoms with E-state index < -0.39 is 0 Å². The quantitative estimate of drug-likeness (QED) is 0.848. The van der Waals surface area contributed by atoms with Gasteiger partial charge in [-0.15, -0.1) is 5.10 Å². The number of aryl methyl sites for hydroxylation is 1. The van der Waals surface area contributed by atoms with Gasteiger partial charge in [-0.3, -0.25) is 5.10 Å². The van der Waals surface area contributed by atoms with Crippen LogP contribution in [0.3, 0.4) is 0 Å². The molecule has 5 nitrogen and oxygen atoms in total. The van der Waals surface area contributed by atoms with Gasteiger partial charge in [-0.05, 0) is 27.0 Å². The number of hydrogen-bond donors (Lipinski definition) is 2. The van der Waals surface area contributed by atoms with Crippen molar-refractivity contribution in [2.24, 2.45) is 0 Å². The van der Waals surface area contributed by atoms with Crippen LogP contribution in [0.2, 0.25) is 0 Å². The van der Waals surface area contributed by atoms with Gasteiger partial charge < -0.3 is 10.1 Å². The predicted molar refractivity (Wildman–Crippen MR) is 65.1 cm³/mol. The molecule has 0 aliphatic heterocycles. The number of aromatic amines is 1. The molecule has 1 atom stereocenters. The van der Waals surface area contributed by atoms with Crippen LogP contribution >= 0.6 is 0 Å². The van der Waals surface area contributed by atoms with Crippen LogP contribution in [0.15, 0.2) is 24.4 Å². The van der Waals surface area contributed by atoms with E-state index in [1.54, 1.807) is 6.20 Å². The van der Waals surface area contributed by atoms with E-state index in [0.717, 1.165) is 11.3 Å². The average Bonchev–Trinajstić information content (AvgIpc) is 2.74. The Labute approximate surface area is 100 Å². The number of rotatable bonds is 4. The molecule has 5 heteroatoms. The number of nitrogens with one attached hydrogen (secondary N) is 2. The smallest absolute Gasteiger partial charge is 0.240 e. The molecule has 2 rings (SSSR count). The molecule has 0 saturated carbocycles. The fraction of sp³-hybridized carbons (Fsp3) is 0.333. The summed E-state index contributed by atoms with van der Waals surface area (Å²) in [7, 11) is 1.90. The molecule has 0 aliphatic rings. The summed E-state index contributed by atoms with van der Waals surface area (Å²) in [5.74, 6) is 1.12. The molecule has 0 bridgehead atoms. The van der Waals surface area contributed by atoms with Crippen LogP contribution in [0.4, 0.5) is 0 Å². The number of H-pyrrole nitrogens is 1. The van der Waals surface area contributed by atoms with Gasteiger partial charge in [0.25, 0.3) is 0 Å². The molecule has 2 aromatic heterocycles. The van der Waals surface area contributed by atoms with Crippen molar-refractivity contribution in [3.63, 3.8) is 0 Å². The van der Waals surface area contributed by atoms with E-state index in [9.17, 15) is 0 Å². The van der Waals surface area contributed by atoms with Crippen LogP contribution in [0.5, 0.6) is 11.8 Å². The van der Waals surface area contributed by atoms with Gasteiger partial charge in [-0.2, -0.15) is 0 Å². The third-order valence-corrected chi connectivity index (χ3v) is 2.58. The van der Waals surface area contributed by atoms with Crippen molar-refractivity contribution >= 4 is 0 Å². The molecular formula is C12H16N4O. The largest absolute Gasteiger partial charge is 0.419 e. The third kappa shape index (κ3) is 2.62. The molecule has 0 aromatic carbocycles. The van der Waals surface area contributed by atoms with Gasteiger partial charge in [0.2, 0.25) is 11.8 Å². The maximum atomic E-state index is 5.66. The average molecular weight is 232 g/mol. The summed E-state index contributed by atoms with van der Waals surface area (Å²) in [6.45, 7) is 3.98. The van der Waals surface area contributed by atoms with Gasteiger partial charge in [0.05, 0.1) is 0 Å². The molecule has 90 valence electrons. The Morgan fingerprint density at radius 2 is 2.29 bits per heavy atom. The minimum absolute atomic E-state index is 0.179. The van der Waals surface area contributed by atoms with Gasteiger partial charge in [0, 0.05) is 29.6 Å². The number of pyridine rings is 1. The van der Waals surface area contributed by atoms with Crippen molar-refractivity contribution in [1.82, 2.24) is 20.5 Å². The second-order valence-electron chi connectivity index (χ2n) is 3.90. The highest BCUT2D eigenvalue weighted by Gasteiger charge is 2.12. The Bertz CT molecular complexity index is 495. The molecule has 0 fully saturated rings. The highest BCUT2D eigenvalue weighted by atomic mass is 16.5. The van der Waals surface area contributed by atoms with Gasteiger partial charge in [-0.1, -0.05) is 6.07 Å². The van der Waals surface area contributed by atoms with Gasteiger partial charge in [0.1, 0.15) is 0 Å². The highest BCUT2D eigenvalue weighted by molar-refractivity contribution is 5.31. The lowest BCUT2D eigenvalue weighted by molar-refractivity contribution is 0.429. The van der Waals surface area contributed by atoms with Crippen LogP contribution in [0.1, 0.15) is 24.2 Å². The van der Waals surface area contributed by atoms with Crippen LogP contribution in [-0.4, -0.2) is 22.2 Å². The summed E-state index contributed by atoms with van der Waals surface area (Å²) in [6, 6.07) is 5.90. The third-order valence-electron chi connectivity index (χ3n) is 2.58. The van der Waals surface area contributed by atoms with Gasteiger partial charge >= 0.3 is 0 Å². The summed E-state index contributed by atoms with van der Waals surface area (Å²) in [5, 5.41) is 10.0. The lowest BCUT2D eigenvalue weighted by atomic mass is 10.1. The first kappa shape index (κ1) is 11.6. The Hall–Kier alpha value is -1.88. The van der Waals surface area contributed by atoms with Gasteiger partial charge in [0.15, 0.2) is 0 Å². The number of nitrogens with zero attached hydrogens (tertiary/aromatic N) is 2. The van der Waals surface area contributed by atoms with Crippen molar-refractivity contribution in [2.75, 3.05) is 7.05 Å². The van der Waals surface area contributed by atoms with E-state index in [4.69, 9.17) is 4.74 Å². The SMILES string of the molecule is CNC(C)c1cccnc1Oc1cc(C)[nH]n1. The maximum Gasteiger partial charge on any atom is 0.240 e. The second kappa shape index (κ2) is 4.97. The van der Waals surface area contributed by atoms with Crippen LogP contribution in [-0.2, 0) is 0 Å². The van der Waals surface area contributed by atoms with Crippen LogP contribution in [0.25, 0.3) is 0 Å². The topological polar surface area (TPSA) is 62.8 Å². The molecule has 2 N–H and O–H groups in total. The van der Waals surface area contributed by atoms with Crippen LogP contribution in [0, 0.1) is 6.92 Å². The first-order valence-electron chi connectivity index (χ1n) is 5.52. The Balaban J connectivity index is 2.26. The van der Waals surface area contributed by atoms with E-state index in [-0.39, 0.29) is 6.04 Å². The molecular weight excluding hydrogens is 216 g/mol. The zero-order valence-corrected chi connectivity index (χ0v) is 10.2. The van der Waals surface area contributed by atoms with Crippen molar-refractivity contribution < 1.29 is 4.74 Å². The second-order valence-corrected chi connectivity index (χ2v) is 3.90. The summed E-state index contributed by atoms with van der Waals surface area (Å²) >= 11 is 0. The van der Waals surface area contributed by atoms with Crippen molar-refractivity contribution in [3.05, 3.63) is 35.7 Å². The number of aromatic nitrogens is 3. The van der Waals surface area contributed by atoms with E-state index in [1.165, 1.54) is 0 Å². The van der Waals surface area contributed by atoms with E-state index in [0.29, 0.717) is 11.8 Å². The molecule has 17 heavy (non-hydrogen) atoms. The number of ether oxygens (including phenoxy) is 1. The zero-order chi connectivity index (χ0) is 12.3. The van der Waals surface area contributed by atoms with Gasteiger partial charge in [-0.25, -0.2) is 4.98 Å². The minimum Gasteiger partial charge on any atom is -0.419 e. The van der Waals surface area contributed by atoms with Crippen molar-refractivity contribution in [2.45, 2.75) is 19.9 Å². The molecule has 0 spiro atoms. The van der Waals surface area contributed by atoms with Crippen molar-refractivity contribution in [3.8, 4) is 11.8 Å². The first-order chi connectivity index (χ1) is 8.20. The molecule has 0 radical (unpaired) electrons. The Kier molecular flexibility index (Phi) is 3.39. The summed E-state index contributed by atoms with van der Waals surface area (Å²) in [5.41, 5.74) is 1.97. The van der Waals surface area contributed by atoms with E-state index >= 15 is 0 Å². The fourth-order valence-corrected chi connectivity index (χ4v) is 1.52. The lowest BCUT2D eigenvalue weighted by Crippen LogP contribution is -2.13. The summed E-state index contributed by atoms with van der Waals surface area (Å²) in [4.78, 5) is 4.24. The first-order valence-corrected chi connectivity index (χ1v) is 5.52. The molecule has 0 amide bonds. The Morgan fingerprint density at radius 3 is 2.94 bits per heavy atom. The normalized spacial score (nSPS) is 12.4. The highest BCUT2D eigenvalue weighted by Crippen LogP contribution is 2.26. The predicted octanol–water partition coefficient (Wildman–Crippen LogP) is 2.19. The minimum atomic E-state index is 0.179. The Morgan fingerprint density at radius 1 is 1.47 bits per heavy atom. The molecule has 2 aromatic rings. The van der Waals surface area contributed by atoms with Crippen LogP contribution < -0.4 is 10.1 Å². The summed E-state index contributed by atoms with van der Waals surface area (Å²) < 4.78 is 5.66. The molecule has 2 heterocycles. The lowest BCUT2D eigenvalue weighted by Gasteiger charge is -2.13. The van der Waals surface area contributed by atoms with E-state index in [2.05, 4.69) is 27.4 Å². The molecule has 0 aliphatic carbocycles. The van der Waals surface area contributed by atoms with Crippen molar-refractivity contribution in [1.29, 1.82) is 0 Å². The summed E-state index contributed by atoms with van der Waals surface area (Å²) in [6.07, 6.45) is 1.71. The zero-order valence-electron chi connectivity index (χ0n) is 10.2. The maximum absolute atomic E-state index is 5.66. The standard InChI is InChI=1S/C12H16N4O/c1-8-7-11(16-15-8)17-12-10(9(2)13-3)5-4-6-14-12/h4-7,9,13H,1-3H3,(H,15,16). The number of hydrogen-bond acceptors (Lipinski definition) is 4.